The van der Waals surface area contributed by atoms with Gasteiger partial charge in [-0.15, -0.1) is 0 Å². The number of nitrogens with one attached hydrogen (secondary N) is 1. The molecule has 0 aliphatic carbocycles. The van der Waals surface area contributed by atoms with Gasteiger partial charge < -0.3 is 15.5 Å². The molecule has 0 saturated carbocycles. The normalized spacial score (nSPS) is 13.4. The second-order valence-electron chi connectivity index (χ2n) is 7.17. The highest BCUT2D eigenvalue weighted by molar-refractivity contribution is 5.81. The fourth-order valence-corrected chi connectivity index (χ4v) is 3.44. The van der Waals surface area contributed by atoms with Gasteiger partial charge in [-0.25, -0.2) is 4.98 Å². The molecule has 4 nitrogen and oxygen atoms in total. The predicted molar refractivity (Wildman–Crippen MR) is 123 cm³/mol. The van der Waals surface area contributed by atoms with Crippen LogP contribution in [-0.2, 0) is 0 Å². The van der Waals surface area contributed by atoms with E-state index in [0.29, 0.717) is 0 Å². The van der Waals surface area contributed by atoms with E-state index in [1.54, 1.807) is 0 Å². The zero-order valence-electron chi connectivity index (χ0n) is 16.5. The molecule has 4 heteroatoms. The van der Waals surface area contributed by atoms with Crippen LogP contribution in [0.5, 0.6) is 0 Å². The summed E-state index contributed by atoms with van der Waals surface area (Å²) in [6.45, 7) is -0.320. The van der Waals surface area contributed by atoms with Crippen molar-refractivity contribution in [3.05, 3.63) is 108 Å². The summed E-state index contributed by atoms with van der Waals surface area (Å²) in [6, 6.07) is 29.3. The largest absolute Gasteiger partial charge is 0.394 e. The summed E-state index contributed by atoms with van der Waals surface area (Å²) >= 11 is 0. The lowest BCUT2D eigenvalue weighted by Crippen LogP contribution is -2.28. The van der Waals surface area contributed by atoms with Crippen molar-refractivity contribution in [2.45, 2.75) is 12.1 Å². The van der Waals surface area contributed by atoms with Gasteiger partial charge in [-0.2, -0.15) is 0 Å². The standard InChI is InChI=1S/C26H24N2O2/c29-18-25(30)26(21-9-2-1-3-10-21)28-23-11-6-7-19(17-23)13-15-22-16-14-20-8-4-5-12-24(20)27-22/h1-17,25-26,28-30H,18H2/b15-13+. The first-order valence-corrected chi connectivity index (χ1v) is 9.97. The minimum absolute atomic E-state index is 0.320. The molecule has 3 N–H and O–H groups in total. The lowest BCUT2D eigenvalue weighted by molar-refractivity contribution is 0.0795. The van der Waals surface area contributed by atoms with Crippen LogP contribution in [0.4, 0.5) is 5.69 Å². The van der Waals surface area contributed by atoms with E-state index in [2.05, 4.69) is 22.4 Å². The van der Waals surface area contributed by atoms with Crippen LogP contribution in [0.15, 0.2) is 91.0 Å². The molecule has 1 heterocycles. The SMILES string of the molecule is OCC(O)C(Nc1cccc(/C=C/c2ccc3ccccc3n2)c1)c1ccccc1. The number of hydrogen-bond acceptors (Lipinski definition) is 4. The van der Waals surface area contributed by atoms with Gasteiger partial charge in [-0.05, 0) is 41.5 Å². The first kappa shape index (κ1) is 19.8. The Labute approximate surface area is 176 Å². The van der Waals surface area contributed by atoms with E-state index in [4.69, 9.17) is 0 Å². The van der Waals surface area contributed by atoms with Gasteiger partial charge in [0.1, 0.15) is 6.10 Å². The van der Waals surface area contributed by atoms with Crippen molar-refractivity contribution in [1.82, 2.24) is 4.98 Å². The Balaban J connectivity index is 1.54. The summed E-state index contributed by atoms with van der Waals surface area (Å²) in [5.74, 6) is 0. The Kier molecular flexibility index (Phi) is 6.18. The molecule has 30 heavy (non-hydrogen) atoms. The first-order chi connectivity index (χ1) is 14.7. The number of para-hydroxylation sites is 1. The summed E-state index contributed by atoms with van der Waals surface area (Å²) in [5.41, 5.74) is 4.66. The van der Waals surface area contributed by atoms with Gasteiger partial charge in [0.2, 0.25) is 0 Å². The number of hydrogen-bond donors (Lipinski definition) is 3. The Morgan fingerprint density at radius 1 is 0.833 bits per heavy atom. The molecule has 2 atom stereocenters. The minimum atomic E-state index is -0.909. The zero-order chi connectivity index (χ0) is 20.8. The topological polar surface area (TPSA) is 65.4 Å². The summed E-state index contributed by atoms with van der Waals surface area (Å²) < 4.78 is 0. The molecule has 0 radical (unpaired) electrons. The molecule has 150 valence electrons. The number of aromatic nitrogens is 1. The molecule has 0 fully saturated rings. The molecule has 0 spiro atoms. The summed E-state index contributed by atoms with van der Waals surface area (Å²) in [4.78, 5) is 4.67. The fraction of sp³-hybridized carbons (Fsp3) is 0.115. The van der Waals surface area contributed by atoms with E-state index < -0.39 is 12.1 Å². The Morgan fingerprint density at radius 2 is 1.63 bits per heavy atom. The van der Waals surface area contributed by atoms with Crippen LogP contribution in [0.3, 0.4) is 0 Å². The van der Waals surface area contributed by atoms with E-state index in [9.17, 15) is 10.2 Å². The molecule has 0 aliphatic heterocycles. The lowest BCUT2D eigenvalue weighted by atomic mass is 10.0. The van der Waals surface area contributed by atoms with Crippen molar-refractivity contribution in [3.63, 3.8) is 0 Å². The van der Waals surface area contributed by atoms with E-state index >= 15 is 0 Å². The smallest absolute Gasteiger partial charge is 0.101 e. The molecule has 0 aliphatic rings. The van der Waals surface area contributed by atoms with Crippen molar-refractivity contribution >= 4 is 28.7 Å². The third kappa shape index (κ3) is 4.74. The molecule has 4 aromatic rings. The molecule has 2 unspecified atom stereocenters. The van der Waals surface area contributed by atoms with Gasteiger partial charge in [-0.1, -0.05) is 72.8 Å². The molecule has 3 aromatic carbocycles. The Hall–Kier alpha value is -3.47. The average molecular weight is 396 g/mol. The molecular formula is C26H24N2O2. The number of nitrogens with zero attached hydrogens (tertiary/aromatic N) is 1. The second-order valence-corrected chi connectivity index (χ2v) is 7.17. The maximum absolute atomic E-state index is 10.3. The second kappa shape index (κ2) is 9.35. The first-order valence-electron chi connectivity index (χ1n) is 9.97. The van der Waals surface area contributed by atoms with E-state index in [1.807, 2.05) is 91.0 Å². The van der Waals surface area contributed by atoms with Gasteiger partial charge in [0.05, 0.1) is 23.9 Å². The van der Waals surface area contributed by atoms with Gasteiger partial charge in [0, 0.05) is 11.1 Å². The monoisotopic (exact) mass is 396 g/mol. The van der Waals surface area contributed by atoms with Gasteiger partial charge >= 0.3 is 0 Å². The number of pyridine rings is 1. The molecule has 0 saturated heterocycles. The fourth-order valence-electron chi connectivity index (χ4n) is 3.44. The van der Waals surface area contributed by atoms with Crippen molar-refractivity contribution in [1.29, 1.82) is 0 Å². The van der Waals surface area contributed by atoms with Gasteiger partial charge in [0.25, 0.3) is 0 Å². The maximum atomic E-state index is 10.3. The highest BCUT2D eigenvalue weighted by Gasteiger charge is 2.20. The Bertz CT molecular complexity index is 1140. The highest BCUT2D eigenvalue weighted by atomic mass is 16.3. The van der Waals surface area contributed by atoms with E-state index in [1.165, 1.54) is 0 Å². The minimum Gasteiger partial charge on any atom is -0.394 e. The quantitative estimate of drug-likeness (QED) is 0.415. The van der Waals surface area contributed by atoms with Crippen LogP contribution < -0.4 is 5.32 Å². The van der Waals surface area contributed by atoms with Crippen LogP contribution >= 0.6 is 0 Å². The van der Waals surface area contributed by atoms with Crippen molar-refractivity contribution in [3.8, 4) is 0 Å². The molecule has 0 bridgehead atoms. The predicted octanol–water partition coefficient (Wildman–Crippen LogP) is 4.91. The number of aliphatic hydroxyl groups is 2. The lowest BCUT2D eigenvalue weighted by Gasteiger charge is -2.24. The van der Waals surface area contributed by atoms with Crippen LogP contribution in [0, 0.1) is 0 Å². The van der Waals surface area contributed by atoms with E-state index in [-0.39, 0.29) is 6.61 Å². The van der Waals surface area contributed by atoms with Crippen molar-refractivity contribution in [2.75, 3.05) is 11.9 Å². The third-order valence-electron chi connectivity index (χ3n) is 5.01. The number of anilines is 1. The van der Waals surface area contributed by atoms with Gasteiger partial charge in [-0.3, -0.25) is 0 Å². The number of rotatable bonds is 7. The number of benzene rings is 3. The van der Waals surface area contributed by atoms with E-state index in [0.717, 1.165) is 33.4 Å². The molecule has 1 aromatic heterocycles. The van der Waals surface area contributed by atoms with Crippen LogP contribution in [0.1, 0.15) is 22.9 Å². The van der Waals surface area contributed by atoms with Crippen molar-refractivity contribution in [2.24, 2.45) is 0 Å². The molecule has 4 rings (SSSR count). The highest BCUT2D eigenvalue weighted by Crippen LogP contribution is 2.24. The van der Waals surface area contributed by atoms with Crippen LogP contribution in [-0.4, -0.2) is 27.9 Å². The Morgan fingerprint density at radius 3 is 2.47 bits per heavy atom. The van der Waals surface area contributed by atoms with Gasteiger partial charge in [0.15, 0.2) is 0 Å². The zero-order valence-corrected chi connectivity index (χ0v) is 16.5. The van der Waals surface area contributed by atoms with Crippen LogP contribution in [0.25, 0.3) is 23.1 Å². The maximum Gasteiger partial charge on any atom is 0.101 e. The summed E-state index contributed by atoms with van der Waals surface area (Å²) in [6.07, 6.45) is 3.10. The molecule has 0 amide bonds. The third-order valence-corrected chi connectivity index (χ3v) is 5.01. The average Bonchev–Trinajstić information content (AvgIpc) is 2.81. The van der Waals surface area contributed by atoms with Crippen molar-refractivity contribution < 1.29 is 10.2 Å². The summed E-state index contributed by atoms with van der Waals surface area (Å²) in [5, 5.41) is 24.3. The summed E-state index contributed by atoms with van der Waals surface area (Å²) in [7, 11) is 0. The number of aliphatic hydroxyl groups excluding tert-OH is 2. The number of fused-ring (bicyclic) bond motifs is 1. The van der Waals surface area contributed by atoms with Crippen LogP contribution in [0.2, 0.25) is 0 Å². The molecular weight excluding hydrogens is 372 g/mol.